The normalized spacial score (nSPS) is 18.5. The third-order valence-electron chi connectivity index (χ3n) is 2.99. The standard InChI is InChI=1S/C13H17NO2/c1-9-3-5-11-7-10(8-13(15)16-2)4-6-12(11)14-9/h4,6-7,9,14H,3,5,8H2,1-2H3. The Balaban J connectivity index is 2.16. The molecule has 1 heterocycles. The van der Waals surface area contributed by atoms with Crippen molar-refractivity contribution >= 4 is 11.7 Å². The molecule has 3 heteroatoms. The molecule has 1 aromatic carbocycles. The van der Waals surface area contributed by atoms with Crippen molar-refractivity contribution < 1.29 is 9.53 Å². The monoisotopic (exact) mass is 219 g/mol. The van der Waals surface area contributed by atoms with E-state index in [1.165, 1.54) is 18.4 Å². The minimum absolute atomic E-state index is 0.183. The van der Waals surface area contributed by atoms with Gasteiger partial charge in [-0.05, 0) is 37.0 Å². The highest BCUT2D eigenvalue weighted by Crippen LogP contribution is 2.25. The summed E-state index contributed by atoms with van der Waals surface area (Å²) in [5.41, 5.74) is 3.54. The summed E-state index contributed by atoms with van der Waals surface area (Å²) in [6.45, 7) is 2.19. The van der Waals surface area contributed by atoms with Crippen LogP contribution in [0.4, 0.5) is 5.69 Å². The summed E-state index contributed by atoms with van der Waals surface area (Å²) in [4.78, 5) is 11.2. The van der Waals surface area contributed by atoms with Crippen molar-refractivity contribution in [2.45, 2.75) is 32.2 Å². The van der Waals surface area contributed by atoms with Gasteiger partial charge in [0.15, 0.2) is 0 Å². The summed E-state index contributed by atoms with van der Waals surface area (Å²) in [6.07, 6.45) is 2.59. The molecule has 0 radical (unpaired) electrons. The molecule has 1 N–H and O–H groups in total. The fourth-order valence-electron chi connectivity index (χ4n) is 2.05. The number of hydrogen-bond donors (Lipinski definition) is 1. The summed E-state index contributed by atoms with van der Waals surface area (Å²) in [6, 6.07) is 6.69. The van der Waals surface area contributed by atoms with Gasteiger partial charge in [-0.2, -0.15) is 0 Å². The van der Waals surface area contributed by atoms with Gasteiger partial charge in [0.2, 0.25) is 0 Å². The van der Waals surface area contributed by atoms with Crippen LogP contribution < -0.4 is 5.32 Å². The molecule has 0 aliphatic carbocycles. The quantitative estimate of drug-likeness (QED) is 0.774. The number of anilines is 1. The molecular weight excluding hydrogens is 202 g/mol. The number of carbonyl (C=O) groups excluding carboxylic acids is 1. The lowest BCUT2D eigenvalue weighted by Crippen LogP contribution is -2.22. The predicted octanol–water partition coefficient (Wildman–Crippen LogP) is 2.15. The van der Waals surface area contributed by atoms with E-state index in [-0.39, 0.29) is 5.97 Å². The van der Waals surface area contributed by atoms with Gasteiger partial charge in [0.05, 0.1) is 13.5 Å². The van der Waals surface area contributed by atoms with Crippen LogP contribution in [-0.4, -0.2) is 19.1 Å². The number of rotatable bonds is 2. The highest BCUT2D eigenvalue weighted by Gasteiger charge is 2.14. The molecule has 86 valence electrons. The molecule has 1 atom stereocenters. The van der Waals surface area contributed by atoms with Crippen LogP contribution in [0.2, 0.25) is 0 Å². The van der Waals surface area contributed by atoms with Crippen molar-refractivity contribution in [3.8, 4) is 0 Å². The summed E-state index contributed by atoms with van der Waals surface area (Å²) in [5, 5.41) is 3.44. The lowest BCUT2D eigenvalue weighted by Gasteiger charge is -2.24. The summed E-state index contributed by atoms with van der Waals surface area (Å²) >= 11 is 0. The maximum Gasteiger partial charge on any atom is 0.309 e. The molecule has 0 bridgehead atoms. The van der Waals surface area contributed by atoms with Crippen molar-refractivity contribution in [1.29, 1.82) is 0 Å². The van der Waals surface area contributed by atoms with Gasteiger partial charge in [0.1, 0.15) is 0 Å². The number of fused-ring (bicyclic) bond motifs is 1. The highest BCUT2D eigenvalue weighted by atomic mass is 16.5. The molecule has 0 aromatic heterocycles. The van der Waals surface area contributed by atoms with Crippen LogP contribution in [0.1, 0.15) is 24.5 Å². The maximum atomic E-state index is 11.2. The first-order valence-corrected chi connectivity index (χ1v) is 5.64. The Labute approximate surface area is 95.8 Å². The molecule has 1 aromatic rings. The van der Waals surface area contributed by atoms with Gasteiger partial charge in [-0.25, -0.2) is 0 Å². The number of carbonyl (C=O) groups is 1. The zero-order valence-electron chi connectivity index (χ0n) is 9.75. The zero-order chi connectivity index (χ0) is 11.5. The topological polar surface area (TPSA) is 38.3 Å². The number of aryl methyl sites for hydroxylation is 1. The third kappa shape index (κ3) is 2.35. The summed E-state index contributed by atoms with van der Waals surface area (Å²) in [7, 11) is 1.42. The molecule has 0 fully saturated rings. The van der Waals surface area contributed by atoms with Crippen LogP contribution in [0.15, 0.2) is 18.2 Å². The molecule has 16 heavy (non-hydrogen) atoms. The fourth-order valence-corrected chi connectivity index (χ4v) is 2.05. The molecule has 3 nitrogen and oxygen atoms in total. The van der Waals surface area contributed by atoms with E-state index in [1.807, 2.05) is 6.07 Å². The van der Waals surface area contributed by atoms with Crippen molar-refractivity contribution in [3.63, 3.8) is 0 Å². The van der Waals surface area contributed by atoms with Crippen LogP contribution in [-0.2, 0) is 22.4 Å². The van der Waals surface area contributed by atoms with Gasteiger partial charge in [-0.1, -0.05) is 12.1 Å². The van der Waals surface area contributed by atoms with Gasteiger partial charge < -0.3 is 10.1 Å². The lowest BCUT2D eigenvalue weighted by atomic mass is 9.96. The number of ether oxygens (including phenoxy) is 1. The SMILES string of the molecule is COC(=O)Cc1ccc2c(c1)CCC(C)N2. The Hall–Kier alpha value is -1.51. The number of nitrogens with one attached hydrogen (secondary N) is 1. The third-order valence-corrected chi connectivity index (χ3v) is 2.99. The fraction of sp³-hybridized carbons (Fsp3) is 0.462. The van der Waals surface area contributed by atoms with Crippen LogP contribution in [0.5, 0.6) is 0 Å². The van der Waals surface area contributed by atoms with E-state index in [9.17, 15) is 4.79 Å². The Morgan fingerprint density at radius 1 is 1.56 bits per heavy atom. The second kappa shape index (κ2) is 4.56. The molecule has 1 aliphatic rings. The number of benzene rings is 1. The minimum Gasteiger partial charge on any atom is -0.469 e. The van der Waals surface area contributed by atoms with Gasteiger partial charge >= 0.3 is 5.97 Å². The molecule has 1 aliphatic heterocycles. The van der Waals surface area contributed by atoms with E-state index in [4.69, 9.17) is 0 Å². The largest absolute Gasteiger partial charge is 0.469 e. The molecule has 2 rings (SSSR count). The Morgan fingerprint density at radius 3 is 3.12 bits per heavy atom. The molecule has 1 unspecified atom stereocenters. The second-order valence-electron chi connectivity index (χ2n) is 4.33. The van der Waals surface area contributed by atoms with E-state index in [1.54, 1.807) is 0 Å². The van der Waals surface area contributed by atoms with E-state index < -0.39 is 0 Å². The first kappa shape index (κ1) is 11.0. The Bertz CT molecular complexity index is 401. The average molecular weight is 219 g/mol. The van der Waals surface area contributed by atoms with Crippen LogP contribution in [0, 0.1) is 0 Å². The van der Waals surface area contributed by atoms with Crippen LogP contribution >= 0.6 is 0 Å². The molecule has 0 spiro atoms. The minimum atomic E-state index is -0.183. The second-order valence-corrected chi connectivity index (χ2v) is 4.33. The average Bonchev–Trinajstić information content (AvgIpc) is 2.29. The van der Waals surface area contributed by atoms with Gasteiger partial charge in [0, 0.05) is 11.7 Å². The first-order chi connectivity index (χ1) is 7.69. The van der Waals surface area contributed by atoms with Crippen molar-refractivity contribution in [2.24, 2.45) is 0 Å². The summed E-state index contributed by atoms with van der Waals surface area (Å²) in [5.74, 6) is -0.183. The molecule has 0 saturated carbocycles. The predicted molar refractivity (Wildman–Crippen MR) is 63.6 cm³/mol. The van der Waals surface area contributed by atoms with Gasteiger partial charge in [-0.15, -0.1) is 0 Å². The Morgan fingerprint density at radius 2 is 2.38 bits per heavy atom. The van der Waals surface area contributed by atoms with Crippen molar-refractivity contribution in [2.75, 3.05) is 12.4 Å². The van der Waals surface area contributed by atoms with E-state index in [0.717, 1.165) is 18.4 Å². The van der Waals surface area contributed by atoms with E-state index >= 15 is 0 Å². The smallest absolute Gasteiger partial charge is 0.309 e. The summed E-state index contributed by atoms with van der Waals surface area (Å²) < 4.78 is 4.66. The lowest BCUT2D eigenvalue weighted by molar-refractivity contribution is -0.139. The zero-order valence-corrected chi connectivity index (χ0v) is 9.75. The number of hydrogen-bond acceptors (Lipinski definition) is 3. The van der Waals surface area contributed by atoms with Gasteiger partial charge in [-0.3, -0.25) is 4.79 Å². The van der Waals surface area contributed by atoms with Crippen LogP contribution in [0.25, 0.3) is 0 Å². The number of esters is 1. The first-order valence-electron chi connectivity index (χ1n) is 5.64. The number of methoxy groups -OCH3 is 1. The van der Waals surface area contributed by atoms with E-state index in [2.05, 4.69) is 29.1 Å². The van der Waals surface area contributed by atoms with Crippen molar-refractivity contribution in [3.05, 3.63) is 29.3 Å². The van der Waals surface area contributed by atoms with Crippen molar-refractivity contribution in [1.82, 2.24) is 0 Å². The van der Waals surface area contributed by atoms with Gasteiger partial charge in [0.25, 0.3) is 0 Å². The van der Waals surface area contributed by atoms with Crippen LogP contribution in [0.3, 0.4) is 0 Å². The highest BCUT2D eigenvalue weighted by molar-refractivity contribution is 5.73. The van der Waals surface area contributed by atoms with E-state index in [0.29, 0.717) is 12.5 Å². The molecular formula is C13H17NO2. The maximum absolute atomic E-state index is 11.2. The Kier molecular flexibility index (Phi) is 3.13. The molecule has 0 amide bonds. The molecule has 0 saturated heterocycles.